The molecule has 186 valence electrons. The van der Waals surface area contributed by atoms with Crippen LogP contribution in [0.4, 0.5) is 4.79 Å². The number of aryl methyl sites for hydroxylation is 1. The van der Waals surface area contributed by atoms with Gasteiger partial charge in [-0.05, 0) is 55.1 Å². The summed E-state index contributed by atoms with van der Waals surface area (Å²) in [6.07, 6.45) is 1.39. The van der Waals surface area contributed by atoms with E-state index in [1.54, 1.807) is 42.5 Å². The minimum Gasteiger partial charge on any atom is -0.493 e. The average molecular weight is 564 g/mol. The maximum Gasteiger partial charge on any atom is 0.339 e. The Morgan fingerprint density at radius 1 is 0.972 bits per heavy atom. The van der Waals surface area contributed by atoms with E-state index in [-0.39, 0.29) is 33.4 Å². The van der Waals surface area contributed by atoms with Crippen molar-refractivity contribution in [2.45, 2.75) is 18.4 Å². The number of nitrogens with zero attached hydrogens (tertiary/aromatic N) is 1. The third-order valence-corrected chi connectivity index (χ3v) is 8.12. The van der Waals surface area contributed by atoms with Gasteiger partial charge in [-0.15, -0.1) is 0 Å². The van der Waals surface area contributed by atoms with Gasteiger partial charge in [0, 0.05) is 21.2 Å². The SMILES string of the molecule is COc1cccc(/C=C2\SC(=O)N(Cc3c(Cl)cccc3Cl)C2=O)c1OS(=O)(=O)c1ccc(C)cc1. The summed E-state index contributed by atoms with van der Waals surface area (Å²) in [5.74, 6) is -0.542. The Labute approximate surface area is 222 Å². The van der Waals surface area contributed by atoms with E-state index < -0.39 is 21.3 Å². The Morgan fingerprint density at radius 2 is 1.61 bits per heavy atom. The highest BCUT2D eigenvalue weighted by atomic mass is 35.5. The Bertz CT molecular complexity index is 1470. The molecule has 1 aliphatic rings. The van der Waals surface area contributed by atoms with Crippen molar-refractivity contribution in [2.75, 3.05) is 7.11 Å². The maximum absolute atomic E-state index is 13.1. The summed E-state index contributed by atoms with van der Waals surface area (Å²) >= 11 is 13.1. The number of halogens is 2. The number of para-hydroxylation sites is 1. The fraction of sp³-hybridized carbons (Fsp3) is 0.120. The number of carbonyl (C=O) groups is 2. The molecule has 3 aromatic rings. The van der Waals surface area contributed by atoms with E-state index in [2.05, 4.69) is 0 Å². The molecule has 1 aliphatic heterocycles. The first-order valence-electron chi connectivity index (χ1n) is 10.5. The van der Waals surface area contributed by atoms with Crippen LogP contribution in [0.15, 0.2) is 70.5 Å². The number of benzene rings is 3. The summed E-state index contributed by atoms with van der Waals surface area (Å²) in [4.78, 5) is 26.8. The van der Waals surface area contributed by atoms with Gasteiger partial charge >= 0.3 is 10.1 Å². The Morgan fingerprint density at radius 3 is 2.25 bits per heavy atom. The van der Waals surface area contributed by atoms with Crippen LogP contribution in [-0.4, -0.2) is 31.6 Å². The molecule has 0 atom stereocenters. The first-order chi connectivity index (χ1) is 17.1. The molecule has 0 spiro atoms. The van der Waals surface area contributed by atoms with Crippen LogP contribution in [0.1, 0.15) is 16.7 Å². The molecule has 4 rings (SSSR count). The number of ether oxygens (including phenoxy) is 1. The number of rotatable bonds is 7. The highest BCUT2D eigenvalue weighted by molar-refractivity contribution is 8.18. The normalized spacial score (nSPS) is 15.0. The van der Waals surface area contributed by atoms with Crippen LogP contribution in [0.3, 0.4) is 0 Å². The van der Waals surface area contributed by atoms with E-state index in [0.29, 0.717) is 27.4 Å². The summed E-state index contributed by atoms with van der Waals surface area (Å²) in [6, 6.07) is 15.8. The number of carbonyl (C=O) groups excluding carboxylic acids is 2. The number of methoxy groups -OCH3 is 1. The molecule has 11 heteroatoms. The Kier molecular flexibility index (Phi) is 7.65. The molecule has 0 radical (unpaired) electrons. The summed E-state index contributed by atoms with van der Waals surface area (Å²) in [7, 11) is -2.85. The molecule has 0 saturated carbocycles. The molecule has 1 saturated heterocycles. The van der Waals surface area contributed by atoms with Crippen molar-refractivity contribution in [3.63, 3.8) is 0 Å². The standard InChI is InChI=1S/C25H19Cl2NO6S2/c1-15-9-11-17(12-10-15)36(31,32)34-23-16(5-3-8-21(23)33-2)13-22-24(29)28(25(30)35-22)14-18-19(26)6-4-7-20(18)27/h3-13H,14H2,1-2H3/b22-13-. The van der Waals surface area contributed by atoms with Crippen LogP contribution in [0.2, 0.25) is 10.0 Å². The lowest BCUT2D eigenvalue weighted by atomic mass is 10.1. The van der Waals surface area contributed by atoms with Gasteiger partial charge in [0.25, 0.3) is 11.1 Å². The van der Waals surface area contributed by atoms with E-state index in [4.69, 9.17) is 32.1 Å². The predicted molar refractivity (Wildman–Crippen MR) is 140 cm³/mol. The van der Waals surface area contributed by atoms with Crippen molar-refractivity contribution in [3.8, 4) is 11.5 Å². The molecule has 36 heavy (non-hydrogen) atoms. The molecule has 3 aromatic carbocycles. The third-order valence-electron chi connectivity index (χ3n) is 5.27. The Hall–Kier alpha value is -2.98. The van der Waals surface area contributed by atoms with Crippen molar-refractivity contribution >= 4 is 62.3 Å². The molecule has 1 heterocycles. The minimum atomic E-state index is -4.21. The van der Waals surface area contributed by atoms with Crippen LogP contribution in [0.25, 0.3) is 6.08 Å². The van der Waals surface area contributed by atoms with E-state index in [1.807, 2.05) is 6.92 Å². The lowest BCUT2D eigenvalue weighted by molar-refractivity contribution is -0.123. The zero-order chi connectivity index (χ0) is 26.0. The van der Waals surface area contributed by atoms with Crippen molar-refractivity contribution in [1.29, 1.82) is 0 Å². The lowest BCUT2D eigenvalue weighted by Gasteiger charge is -2.15. The van der Waals surface area contributed by atoms with Crippen LogP contribution in [0, 0.1) is 6.92 Å². The summed E-state index contributed by atoms with van der Waals surface area (Å²) in [6.45, 7) is 1.73. The average Bonchev–Trinajstić information content (AvgIpc) is 3.09. The van der Waals surface area contributed by atoms with Gasteiger partial charge in [0.05, 0.1) is 18.6 Å². The van der Waals surface area contributed by atoms with E-state index in [1.165, 1.54) is 31.4 Å². The molecule has 0 N–H and O–H groups in total. The van der Waals surface area contributed by atoms with Crippen LogP contribution in [-0.2, 0) is 21.5 Å². The number of thioether (sulfide) groups is 1. The second kappa shape index (κ2) is 10.6. The smallest absolute Gasteiger partial charge is 0.339 e. The molecule has 0 unspecified atom stereocenters. The number of amides is 2. The molecular weight excluding hydrogens is 545 g/mol. The van der Waals surface area contributed by atoms with Gasteiger partial charge in [-0.2, -0.15) is 8.42 Å². The summed E-state index contributed by atoms with van der Waals surface area (Å²) in [5, 5.41) is 0.144. The van der Waals surface area contributed by atoms with Crippen molar-refractivity contribution in [2.24, 2.45) is 0 Å². The quantitative estimate of drug-likeness (QED) is 0.245. The highest BCUT2D eigenvalue weighted by Crippen LogP contribution is 2.39. The number of hydrogen-bond donors (Lipinski definition) is 0. The molecule has 2 amide bonds. The van der Waals surface area contributed by atoms with E-state index >= 15 is 0 Å². The van der Waals surface area contributed by atoms with Crippen LogP contribution in [0.5, 0.6) is 11.5 Å². The van der Waals surface area contributed by atoms with Crippen LogP contribution >= 0.6 is 35.0 Å². The van der Waals surface area contributed by atoms with E-state index in [9.17, 15) is 18.0 Å². The molecule has 7 nitrogen and oxygen atoms in total. The maximum atomic E-state index is 13.1. The Balaban J connectivity index is 1.68. The molecular formula is C25H19Cl2NO6S2. The second-order valence-electron chi connectivity index (χ2n) is 7.70. The molecule has 0 bridgehead atoms. The fourth-order valence-electron chi connectivity index (χ4n) is 3.38. The first-order valence-corrected chi connectivity index (χ1v) is 13.4. The van der Waals surface area contributed by atoms with Crippen molar-refractivity contribution in [3.05, 3.63) is 92.3 Å². The zero-order valence-electron chi connectivity index (χ0n) is 19.0. The predicted octanol–water partition coefficient (Wildman–Crippen LogP) is 6.31. The largest absolute Gasteiger partial charge is 0.493 e. The van der Waals surface area contributed by atoms with Crippen LogP contribution < -0.4 is 8.92 Å². The van der Waals surface area contributed by atoms with Crippen molar-refractivity contribution in [1.82, 2.24) is 4.90 Å². The van der Waals surface area contributed by atoms with Crippen molar-refractivity contribution < 1.29 is 26.9 Å². The second-order valence-corrected chi connectivity index (χ2v) is 11.1. The monoisotopic (exact) mass is 563 g/mol. The first kappa shape index (κ1) is 26.1. The summed E-state index contributed by atoms with van der Waals surface area (Å²) in [5.41, 5.74) is 1.58. The lowest BCUT2D eigenvalue weighted by Crippen LogP contribution is -2.27. The summed E-state index contributed by atoms with van der Waals surface area (Å²) < 4.78 is 36.7. The molecule has 1 fully saturated rings. The number of hydrogen-bond acceptors (Lipinski definition) is 7. The highest BCUT2D eigenvalue weighted by Gasteiger charge is 2.36. The minimum absolute atomic E-state index is 0.0399. The van der Waals surface area contributed by atoms with E-state index in [0.717, 1.165) is 10.5 Å². The zero-order valence-corrected chi connectivity index (χ0v) is 22.2. The van der Waals surface area contributed by atoms with Gasteiger partial charge in [0.1, 0.15) is 4.90 Å². The van der Waals surface area contributed by atoms with Gasteiger partial charge in [-0.25, -0.2) is 0 Å². The fourth-order valence-corrected chi connectivity index (χ4v) is 5.69. The van der Waals surface area contributed by atoms with Gasteiger partial charge in [-0.3, -0.25) is 14.5 Å². The number of imide groups is 1. The topological polar surface area (TPSA) is 90.0 Å². The van der Waals surface area contributed by atoms with Gasteiger partial charge in [0.15, 0.2) is 11.5 Å². The van der Waals surface area contributed by atoms with Gasteiger partial charge in [0.2, 0.25) is 0 Å². The molecule has 0 aliphatic carbocycles. The van der Waals surface area contributed by atoms with Gasteiger partial charge in [-0.1, -0.05) is 59.1 Å². The molecule has 0 aromatic heterocycles. The third kappa shape index (κ3) is 5.39. The van der Waals surface area contributed by atoms with Gasteiger partial charge < -0.3 is 8.92 Å².